The van der Waals surface area contributed by atoms with Gasteiger partial charge in [0, 0.05) is 12.3 Å². The number of nitrogens with zero attached hydrogens (tertiary/aromatic N) is 1. The zero-order valence-electron chi connectivity index (χ0n) is 24.5. The maximum absolute atomic E-state index is 14.2. The molecule has 1 aliphatic carbocycles. The smallest absolute Gasteiger partial charge is 0.411 e. The molecular weight excluding hydrogens is 560 g/mol. The Hall–Kier alpha value is -5.31. The first kappa shape index (κ1) is 30.2. The number of rotatable bonds is 12. The van der Waals surface area contributed by atoms with E-state index in [1.165, 1.54) is 4.90 Å². The number of amides is 2. The fraction of sp³-hybridized carbons (Fsp3) is 0.229. The van der Waals surface area contributed by atoms with E-state index in [0.717, 1.165) is 22.3 Å². The molecular formula is C35H34N2O7. The predicted molar refractivity (Wildman–Crippen MR) is 165 cm³/mol. The van der Waals surface area contributed by atoms with Crippen LogP contribution in [0.15, 0.2) is 97.1 Å². The van der Waals surface area contributed by atoms with E-state index in [0.29, 0.717) is 22.6 Å². The summed E-state index contributed by atoms with van der Waals surface area (Å²) in [5, 5.41) is 10.4. The van der Waals surface area contributed by atoms with Gasteiger partial charge in [0.05, 0.1) is 20.3 Å². The van der Waals surface area contributed by atoms with E-state index in [1.807, 2.05) is 48.5 Å². The van der Waals surface area contributed by atoms with E-state index in [9.17, 15) is 19.5 Å². The number of primary amides is 1. The number of carbonyl (C=O) groups excluding carboxylic acids is 2. The lowest BCUT2D eigenvalue weighted by Crippen LogP contribution is -2.48. The maximum atomic E-state index is 14.2. The molecule has 0 heterocycles. The molecule has 0 saturated carbocycles. The van der Waals surface area contributed by atoms with Crippen LogP contribution in [0.5, 0.6) is 11.5 Å². The minimum Gasteiger partial charge on any atom is -0.497 e. The summed E-state index contributed by atoms with van der Waals surface area (Å²) in [6, 6.07) is 27.6. The van der Waals surface area contributed by atoms with Crippen LogP contribution in [0.3, 0.4) is 0 Å². The molecule has 0 unspecified atom stereocenters. The Morgan fingerprint density at radius 2 is 1.25 bits per heavy atom. The van der Waals surface area contributed by atoms with Crippen molar-refractivity contribution in [2.24, 2.45) is 5.73 Å². The number of fused-ring (bicyclic) bond motifs is 3. The summed E-state index contributed by atoms with van der Waals surface area (Å²) in [7, 11) is 3.09. The van der Waals surface area contributed by atoms with Crippen molar-refractivity contribution in [3.05, 3.63) is 119 Å². The van der Waals surface area contributed by atoms with Crippen molar-refractivity contribution in [1.82, 2.24) is 4.90 Å². The Balaban J connectivity index is 1.56. The number of methoxy groups -OCH3 is 2. The van der Waals surface area contributed by atoms with E-state index in [1.54, 1.807) is 62.8 Å². The normalized spacial score (nSPS) is 12.6. The average Bonchev–Trinajstić information content (AvgIpc) is 3.36. The number of benzene rings is 4. The van der Waals surface area contributed by atoms with Gasteiger partial charge in [-0.1, -0.05) is 72.8 Å². The molecule has 0 bridgehead atoms. The highest BCUT2D eigenvalue weighted by atomic mass is 16.6. The van der Waals surface area contributed by atoms with Crippen LogP contribution in [0.4, 0.5) is 4.79 Å². The molecule has 1 atom stereocenters. The van der Waals surface area contributed by atoms with E-state index >= 15 is 0 Å². The summed E-state index contributed by atoms with van der Waals surface area (Å²) >= 11 is 0. The highest BCUT2D eigenvalue weighted by Gasteiger charge is 2.39. The quantitative estimate of drug-likeness (QED) is 0.213. The summed E-state index contributed by atoms with van der Waals surface area (Å²) in [5.74, 6) is -1.000. The van der Waals surface area contributed by atoms with Crippen molar-refractivity contribution in [3.63, 3.8) is 0 Å². The van der Waals surface area contributed by atoms with E-state index in [-0.39, 0.29) is 25.4 Å². The first-order valence-electron chi connectivity index (χ1n) is 14.2. The van der Waals surface area contributed by atoms with E-state index in [2.05, 4.69) is 0 Å². The summed E-state index contributed by atoms with van der Waals surface area (Å²) in [5.41, 5.74) is 10.8. The number of aliphatic carboxylic acids is 1. The molecule has 44 heavy (non-hydrogen) atoms. The number of carboxylic acid groups (broad SMARTS) is 1. The van der Waals surface area contributed by atoms with Crippen molar-refractivity contribution in [1.29, 1.82) is 0 Å². The monoisotopic (exact) mass is 594 g/mol. The molecule has 4 aromatic carbocycles. The van der Waals surface area contributed by atoms with Crippen molar-refractivity contribution in [2.75, 3.05) is 20.8 Å². The van der Waals surface area contributed by atoms with Crippen LogP contribution in [-0.2, 0) is 14.3 Å². The largest absolute Gasteiger partial charge is 0.497 e. The number of hydrogen-bond acceptors (Lipinski definition) is 6. The van der Waals surface area contributed by atoms with Gasteiger partial charge >= 0.3 is 12.1 Å². The van der Waals surface area contributed by atoms with Gasteiger partial charge in [0.15, 0.2) is 0 Å². The molecule has 9 heteroatoms. The average molecular weight is 595 g/mol. The van der Waals surface area contributed by atoms with Crippen molar-refractivity contribution in [2.45, 2.75) is 30.8 Å². The molecule has 1 aliphatic rings. The number of carboxylic acids is 1. The SMILES string of the molecule is COc1ccc(C(c2ccc(OC)cc2)N(C(=O)OCC2c3ccccc3-c3ccccc32)[C@@H](CCC(N)=O)C(=O)O)cc1. The van der Waals surface area contributed by atoms with Gasteiger partial charge in [-0.3, -0.25) is 9.69 Å². The fourth-order valence-electron chi connectivity index (χ4n) is 5.83. The first-order valence-corrected chi connectivity index (χ1v) is 14.2. The second-order valence-corrected chi connectivity index (χ2v) is 10.5. The summed E-state index contributed by atoms with van der Waals surface area (Å²) in [4.78, 5) is 40.0. The Morgan fingerprint density at radius 1 is 0.773 bits per heavy atom. The maximum Gasteiger partial charge on any atom is 0.411 e. The summed E-state index contributed by atoms with van der Waals surface area (Å²) < 4.78 is 16.7. The van der Waals surface area contributed by atoms with Crippen LogP contribution in [0.25, 0.3) is 11.1 Å². The molecule has 0 aromatic heterocycles. The molecule has 0 saturated heterocycles. The van der Waals surface area contributed by atoms with Gasteiger partial charge in [-0.2, -0.15) is 0 Å². The molecule has 0 spiro atoms. The first-order chi connectivity index (χ1) is 21.3. The van der Waals surface area contributed by atoms with Crippen LogP contribution < -0.4 is 15.2 Å². The topological polar surface area (TPSA) is 128 Å². The molecule has 4 aromatic rings. The number of ether oxygens (including phenoxy) is 3. The minimum absolute atomic E-state index is 0.0105. The molecule has 0 fully saturated rings. The third-order valence-electron chi connectivity index (χ3n) is 7.97. The summed E-state index contributed by atoms with van der Waals surface area (Å²) in [6.07, 6.45) is -1.26. The zero-order chi connectivity index (χ0) is 31.2. The minimum atomic E-state index is -1.42. The third-order valence-corrected chi connectivity index (χ3v) is 7.97. The van der Waals surface area contributed by atoms with Crippen molar-refractivity contribution in [3.8, 4) is 22.6 Å². The number of nitrogens with two attached hydrogens (primary N) is 1. The second kappa shape index (κ2) is 13.3. The van der Waals surface area contributed by atoms with Crippen LogP contribution in [-0.4, -0.2) is 54.8 Å². The highest BCUT2D eigenvalue weighted by molar-refractivity contribution is 5.83. The zero-order valence-corrected chi connectivity index (χ0v) is 24.5. The van der Waals surface area contributed by atoms with Gasteiger partial charge in [0.2, 0.25) is 5.91 Å². The number of hydrogen-bond donors (Lipinski definition) is 2. The Kier molecular flexibility index (Phi) is 9.14. The lowest BCUT2D eigenvalue weighted by molar-refractivity contribution is -0.143. The Bertz CT molecular complexity index is 1540. The van der Waals surface area contributed by atoms with E-state index in [4.69, 9.17) is 19.9 Å². The van der Waals surface area contributed by atoms with Crippen LogP contribution in [0.1, 0.15) is 47.1 Å². The molecule has 2 amide bonds. The molecule has 9 nitrogen and oxygen atoms in total. The van der Waals surface area contributed by atoms with Crippen LogP contribution >= 0.6 is 0 Å². The van der Waals surface area contributed by atoms with Crippen LogP contribution in [0, 0.1) is 0 Å². The Labute approximate surface area is 255 Å². The number of carbonyl (C=O) groups is 3. The van der Waals surface area contributed by atoms with Gasteiger partial charge < -0.3 is 25.1 Å². The van der Waals surface area contributed by atoms with Crippen molar-refractivity contribution < 1.29 is 33.7 Å². The summed E-state index contributed by atoms with van der Waals surface area (Å²) in [6.45, 7) is -0.0105. The lowest BCUT2D eigenvalue weighted by Gasteiger charge is -2.36. The fourth-order valence-corrected chi connectivity index (χ4v) is 5.83. The molecule has 3 N–H and O–H groups in total. The predicted octanol–water partition coefficient (Wildman–Crippen LogP) is 5.76. The lowest BCUT2D eigenvalue weighted by atomic mass is 9.94. The van der Waals surface area contributed by atoms with Gasteiger partial charge in [-0.15, -0.1) is 0 Å². The van der Waals surface area contributed by atoms with Gasteiger partial charge in [-0.25, -0.2) is 9.59 Å². The molecule has 0 aliphatic heterocycles. The molecule has 0 radical (unpaired) electrons. The van der Waals surface area contributed by atoms with Gasteiger partial charge in [-0.05, 0) is 64.1 Å². The second-order valence-electron chi connectivity index (χ2n) is 10.5. The van der Waals surface area contributed by atoms with Gasteiger partial charge in [0.25, 0.3) is 0 Å². The highest BCUT2D eigenvalue weighted by Crippen LogP contribution is 2.45. The van der Waals surface area contributed by atoms with Crippen molar-refractivity contribution >= 4 is 18.0 Å². The third kappa shape index (κ3) is 6.22. The molecule has 226 valence electrons. The Morgan fingerprint density at radius 3 is 1.68 bits per heavy atom. The van der Waals surface area contributed by atoms with E-state index < -0.39 is 30.1 Å². The van der Waals surface area contributed by atoms with Gasteiger partial charge in [0.1, 0.15) is 24.1 Å². The molecule has 5 rings (SSSR count). The standard InChI is InChI=1S/C35H34N2O7/c1-42-24-15-11-22(12-16-24)33(23-13-17-25(43-2)18-14-23)37(31(34(39)40)19-20-32(36)38)35(41)44-21-30-28-9-5-3-7-26(28)27-8-4-6-10-29(27)30/h3-18,30-31,33H,19-21H2,1-2H3,(H2,36,38)(H,39,40)/t31-/m0/s1. The van der Waals surface area contributed by atoms with Crippen LogP contribution in [0.2, 0.25) is 0 Å².